The summed E-state index contributed by atoms with van der Waals surface area (Å²) in [5.41, 5.74) is 0.504. The SMILES string of the molecule is CNCc1ccccc1Oc1c(F)c(F)c(F)c(F)c1F. The van der Waals surface area contributed by atoms with Crippen molar-refractivity contribution in [3.05, 3.63) is 58.9 Å². The summed E-state index contributed by atoms with van der Waals surface area (Å²) in [5.74, 6) is -11.7. The fourth-order valence-electron chi connectivity index (χ4n) is 1.72. The highest BCUT2D eigenvalue weighted by Crippen LogP contribution is 2.33. The predicted molar refractivity (Wildman–Crippen MR) is 65.5 cm³/mol. The van der Waals surface area contributed by atoms with Gasteiger partial charge in [0, 0.05) is 12.1 Å². The molecule has 0 aromatic heterocycles. The molecule has 0 aliphatic heterocycles. The minimum atomic E-state index is -2.22. The lowest BCUT2D eigenvalue weighted by molar-refractivity contribution is 0.331. The molecule has 0 saturated carbocycles. The minimum absolute atomic E-state index is 0.00458. The monoisotopic (exact) mass is 303 g/mol. The molecule has 0 atom stereocenters. The smallest absolute Gasteiger partial charge is 0.207 e. The van der Waals surface area contributed by atoms with Gasteiger partial charge < -0.3 is 10.1 Å². The lowest BCUT2D eigenvalue weighted by atomic mass is 10.2. The number of ether oxygens (including phenoxy) is 1. The number of halogens is 5. The van der Waals surface area contributed by atoms with Crippen LogP contribution in [0.4, 0.5) is 22.0 Å². The fourth-order valence-corrected chi connectivity index (χ4v) is 1.72. The van der Waals surface area contributed by atoms with E-state index in [1.54, 1.807) is 19.2 Å². The van der Waals surface area contributed by atoms with Crippen molar-refractivity contribution >= 4 is 0 Å². The van der Waals surface area contributed by atoms with Gasteiger partial charge in [0.25, 0.3) is 0 Å². The van der Waals surface area contributed by atoms with Crippen molar-refractivity contribution in [3.8, 4) is 11.5 Å². The summed E-state index contributed by atoms with van der Waals surface area (Å²) in [7, 11) is 1.63. The van der Waals surface area contributed by atoms with Crippen LogP contribution in [0.1, 0.15) is 5.56 Å². The van der Waals surface area contributed by atoms with Crippen LogP contribution in [0.15, 0.2) is 24.3 Å². The van der Waals surface area contributed by atoms with E-state index >= 15 is 0 Å². The highest BCUT2D eigenvalue weighted by atomic mass is 19.2. The largest absolute Gasteiger partial charge is 0.451 e. The van der Waals surface area contributed by atoms with E-state index in [0.29, 0.717) is 12.1 Å². The standard InChI is InChI=1S/C14H10F5NO/c1-20-6-7-4-2-3-5-8(7)21-14-12(18)10(16)9(15)11(17)13(14)19/h2-5,20H,6H2,1H3. The molecule has 112 valence electrons. The Morgan fingerprint density at radius 2 is 1.38 bits per heavy atom. The first kappa shape index (κ1) is 15.2. The van der Waals surface area contributed by atoms with Gasteiger partial charge in [0.2, 0.25) is 34.8 Å². The van der Waals surface area contributed by atoms with Gasteiger partial charge in [-0.25, -0.2) is 13.2 Å². The second-order valence-electron chi connectivity index (χ2n) is 4.14. The van der Waals surface area contributed by atoms with Crippen molar-refractivity contribution in [1.82, 2.24) is 5.32 Å². The van der Waals surface area contributed by atoms with Crippen molar-refractivity contribution in [3.63, 3.8) is 0 Å². The molecule has 0 heterocycles. The minimum Gasteiger partial charge on any atom is -0.451 e. The average molecular weight is 303 g/mol. The Balaban J connectivity index is 2.50. The number of para-hydroxylation sites is 1. The van der Waals surface area contributed by atoms with Crippen LogP contribution in [-0.4, -0.2) is 7.05 Å². The van der Waals surface area contributed by atoms with Gasteiger partial charge >= 0.3 is 0 Å². The molecule has 2 rings (SSSR count). The molecule has 0 aliphatic rings. The maximum Gasteiger partial charge on any atom is 0.207 e. The van der Waals surface area contributed by atoms with E-state index < -0.39 is 34.8 Å². The lowest BCUT2D eigenvalue weighted by Crippen LogP contribution is -2.08. The first-order valence-electron chi connectivity index (χ1n) is 5.89. The third kappa shape index (κ3) is 2.82. The molecule has 0 spiro atoms. The zero-order chi connectivity index (χ0) is 15.6. The molecule has 2 aromatic rings. The number of rotatable bonds is 4. The van der Waals surface area contributed by atoms with Crippen LogP contribution in [0.2, 0.25) is 0 Å². The molecule has 0 bridgehead atoms. The highest BCUT2D eigenvalue weighted by molar-refractivity contribution is 5.39. The number of nitrogens with one attached hydrogen (secondary N) is 1. The molecule has 21 heavy (non-hydrogen) atoms. The van der Waals surface area contributed by atoms with Crippen molar-refractivity contribution in [2.75, 3.05) is 7.05 Å². The third-order valence-electron chi connectivity index (χ3n) is 2.72. The van der Waals surface area contributed by atoms with Crippen LogP contribution < -0.4 is 10.1 Å². The Hall–Kier alpha value is -2.15. The van der Waals surface area contributed by atoms with E-state index in [1.165, 1.54) is 12.1 Å². The summed E-state index contributed by atoms with van der Waals surface area (Å²) < 4.78 is 71.1. The highest BCUT2D eigenvalue weighted by Gasteiger charge is 2.27. The maximum absolute atomic E-state index is 13.5. The van der Waals surface area contributed by atoms with E-state index in [2.05, 4.69) is 5.32 Å². The Morgan fingerprint density at radius 1 is 0.857 bits per heavy atom. The summed E-state index contributed by atoms with van der Waals surface area (Å²) in [6.45, 7) is 0.297. The maximum atomic E-state index is 13.5. The number of hydrogen-bond acceptors (Lipinski definition) is 2. The number of benzene rings is 2. The molecule has 0 aliphatic carbocycles. The Kier molecular flexibility index (Phi) is 4.42. The Labute approximate surface area is 117 Å². The van der Waals surface area contributed by atoms with Crippen LogP contribution in [0.25, 0.3) is 0 Å². The molecule has 1 N–H and O–H groups in total. The van der Waals surface area contributed by atoms with Crippen molar-refractivity contribution in [2.24, 2.45) is 0 Å². The van der Waals surface area contributed by atoms with Gasteiger partial charge in [0.05, 0.1) is 0 Å². The first-order chi connectivity index (χ1) is 9.97. The second kappa shape index (κ2) is 6.09. The summed E-state index contributed by atoms with van der Waals surface area (Å²) in [5, 5.41) is 2.80. The molecule has 0 fully saturated rings. The lowest BCUT2D eigenvalue weighted by Gasteiger charge is -2.13. The molecule has 0 unspecified atom stereocenters. The Morgan fingerprint density at radius 3 is 1.95 bits per heavy atom. The van der Waals surface area contributed by atoms with Crippen LogP contribution in [-0.2, 0) is 6.54 Å². The van der Waals surface area contributed by atoms with E-state index in [0.717, 1.165) is 0 Å². The second-order valence-corrected chi connectivity index (χ2v) is 4.14. The predicted octanol–water partition coefficient (Wildman–Crippen LogP) is 3.89. The Bertz CT molecular complexity index is 646. The van der Waals surface area contributed by atoms with Gasteiger partial charge in [-0.05, 0) is 13.1 Å². The normalized spacial score (nSPS) is 10.8. The molecule has 2 nitrogen and oxygen atoms in total. The van der Waals surface area contributed by atoms with Crippen molar-refractivity contribution < 1.29 is 26.7 Å². The first-order valence-corrected chi connectivity index (χ1v) is 5.89. The van der Waals surface area contributed by atoms with Crippen molar-refractivity contribution in [1.29, 1.82) is 0 Å². The molecule has 2 aromatic carbocycles. The van der Waals surface area contributed by atoms with Crippen LogP contribution in [0.5, 0.6) is 11.5 Å². The summed E-state index contributed by atoms with van der Waals surface area (Å²) in [4.78, 5) is 0. The summed E-state index contributed by atoms with van der Waals surface area (Å²) in [6, 6.07) is 6.13. The fraction of sp³-hybridized carbons (Fsp3) is 0.143. The molecular formula is C14H10F5NO. The van der Waals surface area contributed by atoms with E-state index in [1.807, 2.05) is 0 Å². The van der Waals surface area contributed by atoms with Gasteiger partial charge in [-0.2, -0.15) is 8.78 Å². The van der Waals surface area contributed by atoms with Crippen molar-refractivity contribution in [2.45, 2.75) is 6.54 Å². The van der Waals surface area contributed by atoms with E-state index in [-0.39, 0.29) is 5.75 Å². The third-order valence-corrected chi connectivity index (χ3v) is 2.72. The van der Waals surface area contributed by atoms with E-state index in [9.17, 15) is 22.0 Å². The van der Waals surface area contributed by atoms with Gasteiger partial charge in [0.1, 0.15) is 5.75 Å². The zero-order valence-electron chi connectivity index (χ0n) is 10.8. The summed E-state index contributed by atoms with van der Waals surface area (Å²) >= 11 is 0. The summed E-state index contributed by atoms with van der Waals surface area (Å²) in [6.07, 6.45) is 0. The molecule has 0 radical (unpaired) electrons. The van der Waals surface area contributed by atoms with Gasteiger partial charge in [-0.1, -0.05) is 18.2 Å². The average Bonchev–Trinajstić information content (AvgIpc) is 2.49. The molecule has 0 saturated heterocycles. The van der Waals surface area contributed by atoms with Gasteiger partial charge in [0.15, 0.2) is 0 Å². The van der Waals surface area contributed by atoms with E-state index in [4.69, 9.17) is 4.74 Å². The molecular weight excluding hydrogens is 293 g/mol. The molecule has 0 amide bonds. The van der Waals surface area contributed by atoms with Gasteiger partial charge in [-0.15, -0.1) is 0 Å². The molecule has 7 heteroatoms. The van der Waals surface area contributed by atoms with Gasteiger partial charge in [-0.3, -0.25) is 0 Å². The van der Waals surface area contributed by atoms with Crippen LogP contribution >= 0.6 is 0 Å². The quantitative estimate of drug-likeness (QED) is 0.525. The zero-order valence-corrected chi connectivity index (χ0v) is 10.8. The van der Waals surface area contributed by atoms with Crippen LogP contribution in [0.3, 0.4) is 0 Å². The topological polar surface area (TPSA) is 21.3 Å². The number of hydrogen-bond donors (Lipinski definition) is 1. The van der Waals surface area contributed by atoms with Crippen LogP contribution in [0, 0.1) is 29.1 Å².